The van der Waals surface area contributed by atoms with Crippen LogP contribution in [-0.4, -0.2) is 25.3 Å². The zero-order chi connectivity index (χ0) is 12.8. The van der Waals surface area contributed by atoms with Crippen LogP contribution in [0.2, 0.25) is 0 Å². The fourth-order valence-electron chi connectivity index (χ4n) is 1.30. The van der Waals surface area contributed by atoms with Crippen molar-refractivity contribution in [2.75, 3.05) is 14.2 Å². The first-order chi connectivity index (χ1) is 8.12. The van der Waals surface area contributed by atoms with Gasteiger partial charge in [-0.1, -0.05) is 0 Å². The van der Waals surface area contributed by atoms with Gasteiger partial charge in [0.25, 0.3) is 0 Å². The van der Waals surface area contributed by atoms with E-state index in [0.29, 0.717) is 17.1 Å². The second-order valence-electron chi connectivity index (χ2n) is 3.08. The van der Waals surface area contributed by atoms with E-state index in [2.05, 4.69) is 0 Å². The second kappa shape index (κ2) is 5.56. The molecule has 0 radical (unpaired) electrons. The van der Waals surface area contributed by atoms with Gasteiger partial charge in [-0.2, -0.15) is 5.26 Å². The van der Waals surface area contributed by atoms with Crippen LogP contribution in [0.15, 0.2) is 18.2 Å². The Hall–Kier alpha value is -2.48. The van der Waals surface area contributed by atoms with Crippen LogP contribution in [0.3, 0.4) is 0 Å². The number of rotatable bonds is 4. The monoisotopic (exact) mass is 233 g/mol. The highest BCUT2D eigenvalue weighted by atomic mass is 16.5. The van der Waals surface area contributed by atoms with Gasteiger partial charge in [0.1, 0.15) is 23.1 Å². The summed E-state index contributed by atoms with van der Waals surface area (Å²) in [5.74, 6) is -0.251. The van der Waals surface area contributed by atoms with Gasteiger partial charge in [-0.3, -0.25) is 0 Å². The number of methoxy groups -OCH3 is 2. The Morgan fingerprint density at radius 3 is 2.59 bits per heavy atom. The average Bonchev–Trinajstić information content (AvgIpc) is 2.34. The topological polar surface area (TPSA) is 79.5 Å². The second-order valence-corrected chi connectivity index (χ2v) is 3.08. The molecule has 0 amide bonds. The van der Waals surface area contributed by atoms with Crippen molar-refractivity contribution in [3.8, 4) is 17.6 Å². The third-order valence-electron chi connectivity index (χ3n) is 2.08. The SMILES string of the molecule is COc1cc(/C=C/C(=O)O)c(C#N)c(OC)c1. The Bertz CT molecular complexity index is 500. The molecule has 0 bridgehead atoms. The lowest BCUT2D eigenvalue weighted by atomic mass is 10.1. The maximum atomic E-state index is 10.4. The van der Waals surface area contributed by atoms with E-state index in [1.54, 1.807) is 12.1 Å². The van der Waals surface area contributed by atoms with E-state index in [-0.39, 0.29) is 5.56 Å². The van der Waals surface area contributed by atoms with Crippen LogP contribution in [-0.2, 0) is 4.79 Å². The molecule has 5 heteroatoms. The maximum Gasteiger partial charge on any atom is 0.328 e. The summed E-state index contributed by atoms with van der Waals surface area (Å²) in [6.45, 7) is 0. The average molecular weight is 233 g/mol. The van der Waals surface area contributed by atoms with E-state index in [4.69, 9.17) is 19.8 Å². The maximum absolute atomic E-state index is 10.4. The molecule has 0 aromatic heterocycles. The summed E-state index contributed by atoms with van der Waals surface area (Å²) in [4.78, 5) is 10.4. The van der Waals surface area contributed by atoms with Gasteiger partial charge in [-0.15, -0.1) is 0 Å². The highest BCUT2D eigenvalue weighted by Gasteiger charge is 2.10. The molecule has 0 atom stereocenters. The van der Waals surface area contributed by atoms with Crippen molar-refractivity contribution >= 4 is 12.0 Å². The molecule has 0 saturated carbocycles. The standard InChI is InChI=1S/C12H11NO4/c1-16-9-5-8(3-4-12(14)15)10(7-13)11(6-9)17-2/h3-6H,1-2H3,(H,14,15)/b4-3+. The fraction of sp³-hybridized carbons (Fsp3) is 0.167. The lowest BCUT2D eigenvalue weighted by molar-refractivity contribution is -0.131. The zero-order valence-electron chi connectivity index (χ0n) is 9.43. The molecule has 0 unspecified atom stereocenters. The van der Waals surface area contributed by atoms with Crippen molar-refractivity contribution in [3.05, 3.63) is 29.3 Å². The minimum atomic E-state index is -1.09. The molecule has 1 N–H and O–H groups in total. The molecule has 1 aromatic carbocycles. The van der Waals surface area contributed by atoms with Gasteiger partial charge in [0, 0.05) is 12.1 Å². The number of benzene rings is 1. The minimum absolute atomic E-state index is 0.269. The van der Waals surface area contributed by atoms with Crippen LogP contribution in [0.5, 0.6) is 11.5 Å². The molecule has 0 aliphatic heterocycles. The molecule has 5 nitrogen and oxygen atoms in total. The van der Waals surface area contributed by atoms with E-state index in [9.17, 15) is 4.79 Å². The van der Waals surface area contributed by atoms with Crippen LogP contribution >= 0.6 is 0 Å². The van der Waals surface area contributed by atoms with Crippen molar-refractivity contribution in [2.45, 2.75) is 0 Å². The van der Waals surface area contributed by atoms with Crippen LogP contribution in [0, 0.1) is 11.3 Å². The van der Waals surface area contributed by atoms with Crippen molar-refractivity contribution in [2.24, 2.45) is 0 Å². The Balaban J connectivity index is 3.35. The lowest BCUT2D eigenvalue weighted by Crippen LogP contribution is -1.94. The van der Waals surface area contributed by atoms with Gasteiger partial charge in [-0.25, -0.2) is 4.79 Å². The normalized spacial score (nSPS) is 9.94. The minimum Gasteiger partial charge on any atom is -0.497 e. The van der Waals surface area contributed by atoms with E-state index < -0.39 is 5.97 Å². The number of nitrogens with zero attached hydrogens (tertiary/aromatic N) is 1. The number of carbonyl (C=O) groups is 1. The molecule has 0 fully saturated rings. The smallest absolute Gasteiger partial charge is 0.328 e. The number of nitriles is 1. The van der Waals surface area contributed by atoms with Crippen LogP contribution in [0.1, 0.15) is 11.1 Å². The molecular weight excluding hydrogens is 222 g/mol. The van der Waals surface area contributed by atoms with Gasteiger partial charge in [0.2, 0.25) is 0 Å². The Morgan fingerprint density at radius 1 is 1.41 bits per heavy atom. The number of aliphatic carboxylic acids is 1. The summed E-state index contributed by atoms with van der Waals surface area (Å²) < 4.78 is 10.1. The van der Waals surface area contributed by atoms with Crippen LogP contribution in [0.4, 0.5) is 0 Å². The molecular formula is C12H11NO4. The molecule has 1 aromatic rings. The molecule has 0 spiro atoms. The third kappa shape index (κ3) is 2.98. The molecule has 17 heavy (non-hydrogen) atoms. The molecule has 0 heterocycles. The molecule has 0 aliphatic carbocycles. The van der Waals surface area contributed by atoms with Gasteiger partial charge >= 0.3 is 5.97 Å². The first-order valence-corrected chi connectivity index (χ1v) is 4.69. The highest BCUT2D eigenvalue weighted by molar-refractivity contribution is 5.86. The van der Waals surface area contributed by atoms with E-state index in [1.165, 1.54) is 20.3 Å². The number of carboxylic acid groups (broad SMARTS) is 1. The highest BCUT2D eigenvalue weighted by Crippen LogP contribution is 2.28. The summed E-state index contributed by atoms with van der Waals surface area (Å²) in [5.41, 5.74) is 0.705. The van der Waals surface area contributed by atoms with Crippen molar-refractivity contribution in [1.29, 1.82) is 5.26 Å². The molecule has 0 saturated heterocycles. The van der Waals surface area contributed by atoms with Crippen molar-refractivity contribution < 1.29 is 19.4 Å². The first kappa shape index (κ1) is 12.6. The molecule has 88 valence electrons. The van der Waals surface area contributed by atoms with Gasteiger partial charge in [0.15, 0.2) is 0 Å². The van der Waals surface area contributed by atoms with Crippen molar-refractivity contribution in [1.82, 2.24) is 0 Å². The third-order valence-corrected chi connectivity index (χ3v) is 2.08. The van der Waals surface area contributed by atoms with Gasteiger partial charge in [-0.05, 0) is 17.7 Å². The predicted octanol–water partition coefficient (Wildman–Crippen LogP) is 1.67. The number of hydrogen-bond acceptors (Lipinski definition) is 4. The number of ether oxygens (including phenoxy) is 2. The zero-order valence-corrected chi connectivity index (χ0v) is 9.43. The fourth-order valence-corrected chi connectivity index (χ4v) is 1.30. The summed E-state index contributed by atoms with van der Waals surface area (Å²) >= 11 is 0. The number of carboxylic acids is 1. The summed E-state index contributed by atoms with van der Waals surface area (Å²) in [5, 5.41) is 17.6. The number of hydrogen-bond donors (Lipinski definition) is 1. The summed E-state index contributed by atoms with van der Waals surface area (Å²) in [7, 11) is 2.91. The molecule has 0 aliphatic rings. The van der Waals surface area contributed by atoms with Crippen LogP contribution < -0.4 is 9.47 Å². The Morgan fingerprint density at radius 2 is 2.12 bits per heavy atom. The van der Waals surface area contributed by atoms with Crippen molar-refractivity contribution in [3.63, 3.8) is 0 Å². The lowest BCUT2D eigenvalue weighted by Gasteiger charge is -2.08. The predicted molar refractivity (Wildman–Crippen MR) is 60.9 cm³/mol. The van der Waals surface area contributed by atoms with Gasteiger partial charge < -0.3 is 14.6 Å². The Labute approximate surface area is 98.5 Å². The summed E-state index contributed by atoms with van der Waals surface area (Å²) in [6.07, 6.45) is 2.28. The largest absolute Gasteiger partial charge is 0.497 e. The quantitative estimate of drug-likeness (QED) is 0.800. The van der Waals surface area contributed by atoms with Gasteiger partial charge in [0.05, 0.1) is 14.2 Å². The van der Waals surface area contributed by atoms with E-state index in [1.807, 2.05) is 6.07 Å². The van der Waals surface area contributed by atoms with Crippen LogP contribution in [0.25, 0.3) is 6.08 Å². The molecule has 1 rings (SSSR count). The Kier molecular flexibility index (Phi) is 4.12. The van der Waals surface area contributed by atoms with E-state index in [0.717, 1.165) is 6.08 Å². The van der Waals surface area contributed by atoms with E-state index >= 15 is 0 Å². The first-order valence-electron chi connectivity index (χ1n) is 4.69. The summed E-state index contributed by atoms with van der Waals surface area (Å²) in [6, 6.07) is 5.10.